The number of hydrogen-bond donors (Lipinski definition) is 0. The van der Waals surface area contributed by atoms with Crippen LogP contribution in [0.15, 0.2) is 18.2 Å². The Labute approximate surface area is 126 Å². The fraction of sp³-hybridized carbons (Fsp3) is 0.600. The largest absolute Gasteiger partial charge is 0.369 e. The van der Waals surface area contributed by atoms with E-state index in [9.17, 15) is 0 Å². The van der Waals surface area contributed by atoms with Crippen LogP contribution in [0.3, 0.4) is 0 Å². The van der Waals surface area contributed by atoms with Gasteiger partial charge in [0.2, 0.25) is 0 Å². The monoisotopic (exact) mass is 300 g/mol. The average Bonchev–Trinajstić information content (AvgIpc) is 2.32. The zero-order chi connectivity index (χ0) is 14.0. The van der Waals surface area contributed by atoms with Crippen LogP contribution in [0.4, 0.5) is 5.69 Å². The van der Waals surface area contributed by atoms with Crippen LogP contribution >= 0.6 is 23.2 Å². The number of nitrogens with zero attached hydrogens (tertiary/aromatic N) is 2. The molecule has 0 saturated carbocycles. The van der Waals surface area contributed by atoms with Crippen LogP contribution in [0.1, 0.15) is 20.8 Å². The first kappa shape index (κ1) is 15.0. The molecule has 0 aromatic heterocycles. The minimum atomic E-state index is 0.367. The minimum Gasteiger partial charge on any atom is -0.369 e. The molecule has 0 radical (unpaired) electrons. The molecule has 1 saturated heterocycles. The Morgan fingerprint density at radius 3 is 2.16 bits per heavy atom. The maximum atomic E-state index is 6.08. The van der Waals surface area contributed by atoms with Crippen molar-refractivity contribution in [3.63, 3.8) is 0 Å². The Bertz CT molecular complexity index is 432. The third kappa shape index (κ3) is 4.27. The van der Waals surface area contributed by atoms with Crippen LogP contribution in [-0.4, -0.2) is 37.6 Å². The van der Waals surface area contributed by atoms with Crippen molar-refractivity contribution in [1.29, 1.82) is 0 Å². The summed E-state index contributed by atoms with van der Waals surface area (Å²) in [6.45, 7) is 12.3. The van der Waals surface area contributed by atoms with Gasteiger partial charge in [-0.25, -0.2) is 0 Å². The molecule has 0 bridgehead atoms. The summed E-state index contributed by atoms with van der Waals surface area (Å²) in [7, 11) is 0. The zero-order valence-corrected chi connectivity index (χ0v) is 13.4. The standard InChI is InChI=1S/C15H22Cl2N2/c1-15(2,3)11-18-6-8-19(9-7-18)12-4-5-13(16)14(17)10-12/h4-5,10H,6-9,11H2,1-3H3. The number of anilines is 1. The van der Waals surface area contributed by atoms with Gasteiger partial charge in [-0.1, -0.05) is 44.0 Å². The lowest BCUT2D eigenvalue weighted by Crippen LogP contribution is -2.48. The van der Waals surface area contributed by atoms with E-state index < -0.39 is 0 Å². The molecule has 19 heavy (non-hydrogen) atoms. The number of rotatable bonds is 2. The zero-order valence-electron chi connectivity index (χ0n) is 11.9. The summed E-state index contributed by atoms with van der Waals surface area (Å²) in [5.41, 5.74) is 1.54. The van der Waals surface area contributed by atoms with Gasteiger partial charge in [0, 0.05) is 38.4 Å². The second-order valence-electron chi connectivity index (χ2n) is 6.42. The maximum Gasteiger partial charge on any atom is 0.0612 e. The first-order chi connectivity index (χ1) is 8.85. The van der Waals surface area contributed by atoms with E-state index in [1.807, 2.05) is 18.2 Å². The van der Waals surface area contributed by atoms with Gasteiger partial charge in [0.05, 0.1) is 10.0 Å². The van der Waals surface area contributed by atoms with Crippen LogP contribution in [0, 0.1) is 5.41 Å². The molecule has 1 heterocycles. The lowest BCUT2D eigenvalue weighted by atomic mass is 9.96. The van der Waals surface area contributed by atoms with Gasteiger partial charge >= 0.3 is 0 Å². The van der Waals surface area contributed by atoms with Crippen molar-refractivity contribution in [2.45, 2.75) is 20.8 Å². The summed E-state index contributed by atoms with van der Waals surface area (Å²) in [6, 6.07) is 5.89. The molecular weight excluding hydrogens is 279 g/mol. The van der Waals surface area contributed by atoms with E-state index in [0.29, 0.717) is 15.5 Å². The van der Waals surface area contributed by atoms with Gasteiger partial charge in [-0.15, -0.1) is 0 Å². The van der Waals surface area contributed by atoms with E-state index in [0.717, 1.165) is 32.7 Å². The third-order valence-corrected chi connectivity index (χ3v) is 4.08. The summed E-state index contributed by atoms with van der Waals surface area (Å²) in [4.78, 5) is 4.91. The molecule has 2 nitrogen and oxygen atoms in total. The Morgan fingerprint density at radius 2 is 1.63 bits per heavy atom. The molecule has 1 fully saturated rings. The van der Waals surface area contributed by atoms with Crippen molar-refractivity contribution in [3.8, 4) is 0 Å². The SMILES string of the molecule is CC(C)(C)CN1CCN(c2ccc(Cl)c(Cl)c2)CC1. The first-order valence-corrected chi connectivity index (χ1v) is 7.53. The molecule has 4 heteroatoms. The first-order valence-electron chi connectivity index (χ1n) is 6.77. The van der Waals surface area contributed by atoms with Crippen molar-refractivity contribution >= 4 is 28.9 Å². The van der Waals surface area contributed by atoms with Crippen molar-refractivity contribution in [2.24, 2.45) is 5.41 Å². The number of hydrogen-bond acceptors (Lipinski definition) is 2. The average molecular weight is 301 g/mol. The minimum absolute atomic E-state index is 0.367. The summed E-state index contributed by atoms with van der Waals surface area (Å²) in [5, 5.41) is 1.26. The van der Waals surface area contributed by atoms with E-state index >= 15 is 0 Å². The molecule has 0 atom stereocenters. The Kier molecular flexibility index (Phi) is 4.65. The van der Waals surface area contributed by atoms with Gasteiger partial charge in [0.1, 0.15) is 0 Å². The van der Waals surface area contributed by atoms with Crippen LogP contribution < -0.4 is 4.90 Å². The van der Waals surface area contributed by atoms with Crippen molar-refractivity contribution < 1.29 is 0 Å². The van der Waals surface area contributed by atoms with Crippen molar-refractivity contribution in [1.82, 2.24) is 4.90 Å². The van der Waals surface area contributed by atoms with Gasteiger partial charge in [-0.05, 0) is 23.6 Å². The molecule has 106 valence electrons. The lowest BCUT2D eigenvalue weighted by molar-refractivity contribution is 0.182. The van der Waals surface area contributed by atoms with Crippen molar-refractivity contribution in [3.05, 3.63) is 28.2 Å². The third-order valence-electron chi connectivity index (χ3n) is 3.34. The van der Waals surface area contributed by atoms with Gasteiger partial charge in [0.15, 0.2) is 0 Å². The summed E-state index contributed by atoms with van der Waals surface area (Å²) in [5.74, 6) is 0. The topological polar surface area (TPSA) is 6.48 Å². The summed E-state index contributed by atoms with van der Waals surface area (Å²) < 4.78 is 0. The molecule has 2 rings (SSSR count). The highest BCUT2D eigenvalue weighted by molar-refractivity contribution is 6.42. The number of halogens is 2. The summed E-state index contributed by atoms with van der Waals surface area (Å²) >= 11 is 12.0. The van der Waals surface area contributed by atoms with Crippen LogP contribution in [0.25, 0.3) is 0 Å². The van der Waals surface area contributed by atoms with E-state index in [4.69, 9.17) is 23.2 Å². The lowest BCUT2D eigenvalue weighted by Gasteiger charge is -2.38. The number of piperazine rings is 1. The molecule has 0 aliphatic carbocycles. The Morgan fingerprint density at radius 1 is 1.00 bits per heavy atom. The molecule has 1 aromatic rings. The molecule has 0 spiro atoms. The van der Waals surface area contributed by atoms with Gasteiger partial charge in [0.25, 0.3) is 0 Å². The smallest absolute Gasteiger partial charge is 0.0612 e. The molecule has 0 unspecified atom stereocenters. The molecule has 1 aliphatic rings. The van der Waals surface area contributed by atoms with Crippen LogP contribution in [0.2, 0.25) is 10.0 Å². The Hall–Kier alpha value is -0.440. The van der Waals surface area contributed by atoms with E-state index in [2.05, 4.69) is 30.6 Å². The molecule has 0 N–H and O–H groups in total. The molecule has 1 aliphatic heterocycles. The molecule has 0 amide bonds. The normalized spacial score (nSPS) is 17.8. The molecule has 1 aromatic carbocycles. The predicted octanol–water partition coefficient (Wildman–Crippen LogP) is 4.16. The van der Waals surface area contributed by atoms with Crippen LogP contribution in [-0.2, 0) is 0 Å². The predicted molar refractivity (Wildman–Crippen MR) is 84.6 cm³/mol. The van der Waals surface area contributed by atoms with Gasteiger partial charge in [-0.2, -0.15) is 0 Å². The second-order valence-corrected chi connectivity index (χ2v) is 7.24. The summed E-state index contributed by atoms with van der Waals surface area (Å²) in [6.07, 6.45) is 0. The fourth-order valence-electron chi connectivity index (χ4n) is 2.52. The molecular formula is C15H22Cl2N2. The van der Waals surface area contributed by atoms with Crippen LogP contribution in [0.5, 0.6) is 0 Å². The van der Waals surface area contributed by atoms with E-state index in [-0.39, 0.29) is 0 Å². The van der Waals surface area contributed by atoms with Gasteiger partial charge < -0.3 is 4.90 Å². The highest BCUT2D eigenvalue weighted by atomic mass is 35.5. The second kappa shape index (κ2) is 5.90. The quantitative estimate of drug-likeness (QED) is 0.809. The Balaban J connectivity index is 1.94. The van der Waals surface area contributed by atoms with E-state index in [1.165, 1.54) is 5.69 Å². The van der Waals surface area contributed by atoms with Crippen molar-refractivity contribution in [2.75, 3.05) is 37.6 Å². The van der Waals surface area contributed by atoms with E-state index in [1.54, 1.807) is 0 Å². The highest BCUT2D eigenvalue weighted by Crippen LogP contribution is 2.28. The number of benzene rings is 1. The maximum absolute atomic E-state index is 6.08. The van der Waals surface area contributed by atoms with Gasteiger partial charge in [-0.3, -0.25) is 4.90 Å². The highest BCUT2D eigenvalue weighted by Gasteiger charge is 2.21. The fourth-order valence-corrected chi connectivity index (χ4v) is 2.81.